The average molecular weight is 393 g/mol. The Hall–Kier alpha value is -3.68. The maximum atomic E-state index is 12.1. The molecule has 0 saturated heterocycles. The van der Waals surface area contributed by atoms with Gasteiger partial charge < -0.3 is 14.5 Å². The van der Waals surface area contributed by atoms with E-state index in [9.17, 15) is 14.4 Å². The molecule has 2 aromatic heterocycles. The minimum absolute atomic E-state index is 0.267. The van der Waals surface area contributed by atoms with Crippen molar-refractivity contribution in [1.82, 2.24) is 24.0 Å². The standard InChI is InChI=1S/C21H23N5O3/c1-24-15-17(20(28)25(2)21(24)29)8-9-19(27)23-11-10-18-22-12-13-26(18)14-16-6-4-3-5-7-16/h3-9,12-13,15H,10-11,14H2,1-2H3,(H,23,27)/b9-8+. The Kier molecular flexibility index (Phi) is 6.23. The maximum absolute atomic E-state index is 12.1. The van der Waals surface area contributed by atoms with E-state index in [2.05, 4.69) is 22.4 Å². The molecule has 0 spiro atoms. The number of aryl methyl sites for hydroxylation is 1. The number of rotatable bonds is 7. The van der Waals surface area contributed by atoms with Crippen molar-refractivity contribution < 1.29 is 4.79 Å². The number of aromatic nitrogens is 4. The summed E-state index contributed by atoms with van der Waals surface area (Å²) in [6.45, 7) is 1.14. The Morgan fingerprint density at radius 2 is 1.93 bits per heavy atom. The van der Waals surface area contributed by atoms with Crippen molar-refractivity contribution in [1.29, 1.82) is 0 Å². The van der Waals surface area contributed by atoms with Crippen LogP contribution in [-0.4, -0.2) is 31.1 Å². The highest BCUT2D eigenvalue weighted by Gasteiger charge is 2.06. The molecule has 0 aliphatic rings. The number of nitrogens with one attached hydrogen (secondary N) is 1. The van der Waals surface area contributed by atoms with Gasteiger partial charge in [-0.15, -0.1) is 0 Å². The summed E-state index contributed by atoms with van der Waals surface area (Å²) in [6, 6.07) is 10.1. The lowest BCUT2D eigenvalue weighted by atomic mass is 10.2. The second-order valence-electron chi connectivity index (χ2n) is 6.67. The lowest BCUT2D eigenvalue weighted by molar-refractivity contribution is -0.116. The third-order valence-corrected chi connectivity index (χ3v) is 4.53. The number of hydrogen-bond acceptors (Lipinski definition) is 4. The third kappa shape index (κ3) is 4.98. The van der Waals surface area contributed by atoms with Gasteiger partial charge in [0, 0.05) is 58.3 Å². The van der Waals surface area contributed by atoms with Crippen molar-refractivity contribution in [2.45, 2.75) is 13.0 Å². The predicted molar refractivity (Wildman–Crippen MR) is 110 cm³/mol. The zero-order chi connectivity index (χ0) is 20.8. The van der Waals surface area contributed by atoms with Gasteiger partial charge in [-0.25, -0.2) is 9.78 Å². The van der Waals surface area contributed by atoms with E-state index in [4.69, 9.17) is 0 Å². The van der Waals surface area contributed by atoms with Crippen molar-refractivity contribution in [2.75, 3.05) is 6.54 Å². The predicted octanol–water partition coefficient (Wildman–Crippen LogP) is 0.701. The van der Waals surface area contributed by atoms with Crippen molar-refractivity contribution >= 4 is 12.0 Å². The Balaban J connectivity index is 1.56. The van der Waals surface area contributed by atoms with Crippen LogP contribution in [0.4, 0.5) is 0 Å². The largest absolute Gasteiger partial charge is 0.352 e. The molecule has 1 amide bonds. The molecular weight excluding hydrogens is 370 g/mol. The number of imidazole rings is 1. The lowest BCUT2D eigenvalue weighted by Crippen LogP contribution is -2.37. The van der Waals surface area contributed by atoms with E-state index in [0.717, 1.165) is 16.9 Å². The number of nitrogens with zero attached hydrogens (tertiary/aromatic N) is 4. The van der Waals surface area contributed by atoms with E-state index in [1.165, 1.54) is 35.5 Å². The first-order valence-corrected chi connectivity index (χ1v) is 9.22. The van der Waals surface area contributed by atoms with E-state index < -0.39 is 11.2 Å². The Bertz CT molecular complexity index is 1140. The summed E-state index contributed by atoms with van der Waals surface area (Å²) in [4.78, 5) is 40.2. The molecule has 0 bridgehead atoms. The maximum Gasteiger partial charge on any atom is 0.330 e. The van der Waals surface area contributed by atoms with Crippen molar-refractivity contribution in [3.63, 3.8) is 0 Å². The van der Waals surface area contributed by atoms with E-state index >= 15 is 0 Å². The number of amides is 1. The van der Waals surface area contributed by atoms with Crippen LogP contribution in [0.1, 0.15) is 17.0 Å². The minimum atomic E-state index is -0.444. The molecule has 0 aliphatic carbocycles. The number of hydrogen-bond donors (Lipinski definition) is 1. The molecule has 0 unspecified atom stereocenters. The molecule has 3 aromatic rings. The quantitative estimate of drug-likeness (QED) is 0.599. The SMILES string of the molecule is Cn1cc(/C=C/C(=O)NCCc2nccn2Cc2ccccc2)c(=O)n(C)c1=O. The zero-order valence-corrected chi connectivity index (χ0v) is 16.4. The molecule has 1 aromatic carbocycles. The van der Waals surface area contributed by atoms with Gasteiger partial charge in [0.2, 0.25) is 5.91 Å². The molecule has 29 heavy (non-hydrogen) atoms. The van der Waals surface area contributed by atoms with Crippen LogP contribution in [0.15, 0.2) is 64.6 Å². The molecule has 8 heteroatoms. The topological polar surface area (TPSA) is 90.9 Å². The monoisotopic (exact) mass is 393 g/mol. The van der Waals surface area contributed by atoms with Crippen molar-refractivity contribution in [3.05, 3.63) is 92.8 Å². The van der Waals surface area contributed by atoms with Crippen LogP contribution in [0.3, 0.4) is 0 Å². The number of benzene rings is 1. The van der Waals surface area contributed by atoms with E-state index in [1.807, 2.05) is 29.0 Å². The van der Waals surface area contributed by atoms with Crippen molar-refractivity contribution in [3.8, 4) is 0 Å². The van der Waals surface area contributed by atoms with Crippen molar-refractivity contribution in [2.24, 2.45) is 14.1 Å². The average Bonchev–Trinajstić information content (AvgIpc) is 3.15. The highest BCUT2D eigenvalue weighted by atomic mass is 16.2. The van der Waals surface area contributed by atoms with E-state index in [0.29, 0.717) is 13.0 Å². The highest BCUT2D eigenvalue weighted by molar-refractivity contribution is 5.91. The third-order valence-electron chi connectivity index (χ3n) is 4.53. The summed E-state index contributed by atoms with van der Waals surface area (Å²) >= 11 is 0. The van der Waals surface area contributed by atoms with Gasteiger partial charge in [0.1, 0.15) is 5.82 Å². The van der Waals surface area contributed by atoms with Gasteiger partial charge in [0.15, 0.2) is 0 Å². The molecular formula is C21H23N5O3. The van der Waals surface area contributed by atoms with Gasteiger partial charge in [0.05, 0.1) is 5.56 Å². The van der Waals surface area contributed by atoms with Gasteiger partial charge >= 0.3 is 5.69 Å². The summed E-state index contributed by atoms with van der Waals surface area (Å²) in [5, 5.41) is 2.79. The Morgan fingerprint density at radius 1 is 1.17 bits per heavy atom. The lowest BCUT2D eigenvalue weighted by Gasteiger charge is -2.08. The van der Waals surface area contributed by atoms with Crippen LogP contribution in [-0.2, 0) is 31.9 Å². The van der Waals surface area contributed by atoms with Gasteiger partial charge in [-0.1, -0.05) is 30.3 Å². The molecule has 150 valence electrons. The van der Waals surface area contributed by atoms with Crippen LogP contribution in [0, 0.1) is 0 Å². The molecule has 8 nitrogen and oxygen atoms in total. The fourth-order valence-corrected chi connectivity index (χ4v) is 2.96. The summed E-state index contributed by atoms with van der Waals surface area (Å²) < 4.78 is 4.35. The second-order valence-corrected chi connectivity index (χ2v) is 6.67. The first kappa shape index (κ1) is 20.1. The zero-order valence-electron chi connectivity index (χ0n) is 16.4. The molecule has 1 N–H and O–H groups in total. The summed E-state index contributed by atoms with van der Waals surface area (Å²) in [6.07, 6.45) is 8.36. The Labute approximate surface area is 167 Å². The normalized spacial score (nSPS) is 11.1. The van der Waals surface area contributed by atoms with Gasteiger partial charge in [-0.05, 0) is 11.6 Å². The van der Waals surface area contributed by atoms with Crippen LogP contribution >= 0.6 is 0 Å². The molecule has 0 atom stereocenters. The van der Waals surface area contributed by atoms with E-state index in [1.54, 1.807) is 13.2 Å². The van der Waals surface area contributed by atoms with E-state index in [-0.39, 0.29) is 11.5 Å². The Morgan fingerprint density at radius 3 is 2.69 bits per heavy atom. The number of carbonyl (C=O) groups is 1. The smallest absolute Gasteiger partial charge is 0.330 e. The second kappa shape index (κ2) is 9.01. The summed E-state index contributed by atoms with van der Waals surface area (Å²) in [5.74, 6) is 0.562. The molecule has 0 fully saturated rings. The fourth-order valence-electron chi connectivity index (χ4n) is 2.96. The number of carbonyl (C=O) groups excluding carboxylic acids is 1. The first-order chi connectivity index (χ1) is 14.0. The van der Waals surface area contributed by atoms with Gasteiger partial charge in [-0.2, -0.15) is 0 Å². The van der Waals surface area contributed by atoms with Crippen LogP contribution < -0.4 is 16.6 Å². The molecule has 2 heterocycles. The van der Waals surface area contributed by atoms with Gasteiger partial charge in [-0.3, -0.25) is 14.2 Å². The molecule has 3 rings (SSSR count). The summed E-state index contributed by atoms with van der Waals surface area (Å²) in [5.41, 5.74) is 0.586. The summed E-state index contributed by atoms with van der Waals surface area (Å²) in [7, 11) is 2.95. The van der Waals surface area contributed by atoms with Gasteiger partial charge in [0.25, 0.3) is 5.56 Å². The van der Waals surface area contributed by atoms with Crippen LogP contribution in [0.5, 0.6) is 0 Å². The first-order valence-electron chi connectivity index (χ1n) is 9.22. The minimum Gasteiger partial charge on any atom is -0.352 e. The molecule has 0 radical (unpaired) electrons. The molecule has 0 aliphatic heterocycles. The molecule has 0 saturated carbocycles. The fraction of sp³-hybridized carbons (Fsp3) is 0.238. The van der Waals surface area contributed by atoms with Crippen LogP contribution in [0.2, 0.25) is 0 Å². The highest BCUT2D eigenvalue weighted by Crippen LogP contribution is 2.05. The van der Waals surface area contributed by atoms with Crippen LogP contribution in [0.25, 0.3) is 6.08 Å².